The Bertz CT molecular complexity index is 924. The molecule has 0 saturated heterocycles. The molecule has 1 heterocycles. The number of hydrogen-bond acceptors (Lipinski definition) is 4. The third kappa shape index (κ3) is 5.65. The summed E-state index contributed by atoms with van der Waals surface area (Å²) in [6.45, 7) is 4.03. The molecule has 2 aromatic rings. The van der Waals surface area contributed by atoms with Crippen molar-refractivity contribution < 1.29 is 14.3 Å². The predicted molar refractivity (Wildman–Crippen MR) is 117 cm³/mol. The lowest BCUT2D eigenvalue weighted by Gasteiger charge is -2.15. The summed E-state index contributed by atoms with van der Waals surface area (Å²) in [5, 5.41) is 9.41. The number of carbonyl (C=O) groups excluding carboxylic acids is 1. The molecule has 1 aliphatic carbocycles. The molecule has 2 aliphatic rings. The van der Waals surface area contributed by atoms with E-state index in [1.807, 2.05) is 30.3 Å². The maximum absolute atomic E-state index is 12.1. The summed E-state index contributed by atoms with van der Waals surface area (Å²) in [6, 6.07) is 14.2. The van der Waals surface area contributed by atoms with E-state index in [0.29, 0.717) is 37.5 Å². The summed E-state index contributed by atoms with van der Waals surface area (Å²) in [5.74, 6) is 1.97. The smallest absolute Gasteiger partial charge is 0.239 e. The van der Waals surface area contributed by atoms with Crippen molar-refractivity contribution in [2.45, 2.75) is 38.8 Å². The average molecular weight is 409 g/mol. The summed E-state index contributed by atoms with van der Waals surface area (Å²) in [7, 11) is 0. The molecule has 30 heavy (non-hydrogen) atoms. The summed E-state index contributed by atoms with van der Waals surface area (Å²) in [5.41, 5.74) is 3.14. The van der Waals surface area contributed by atoms with Gasteiger partial charge in [-0.15, -0.1) is 0 Å². The van der Waals surface area contributed by atoms with E-state index in [1.54, 1.807) is 0 Å². The van der Waals surface area contributed by atoms with Gasteiger partial charge in [-0.05, 0) is 43.0 Å². The number of carbonyl (C=O) groups is 1. The number of fused-ring (bicyclic) bond motifs is 1. The van der Waals surface area contributed by atoms with Crippen molar-refractivity contribution in [3.8, 4) is 11.5 Å². The van der Waals surface area contributed by atoms with Crippen LogP contribution in [0.2, 0.25) is 0 Å². The lowest BCUT2D eigenvalue weighted by molar-refractivity contribution is -0.120. The van der Waals surface area contributed by atoms with Crippen LogP contribution in [0.5, 0.6) is 11.5 Å². The minimum absolute atomic E-state index is 0.0263. The lowest BCUT2D eigenvalue weighted by atomic mass is 10.1. The van der Waals surface area contributed by atoms with Crippen LogP contribution in [0.1, 0.15) is 30.4 Å². The number of amides is 1. The second kappa shape index (κ2) is 9.52. The molecule has 7 nitrogen and oxygen atoms in total. The number of benzene rings is 2. The van der Waals surface area contributed by atoms with Crippen molar-refractivity contribution in [3.63, 3.8) is 0 Å². The SMILES string of the molecule is Cc1ccccc1CN=C(NCC(=O)NC1CC1)Nc1ccc2c(c1)OCCCO2. The van der Waals surface area contributed by atoms with E-state index in [-0.39, 0.29) is 12.5 Å². The first kappa shape index (κ1) is 20.1. The summed E-state index contributed by atoms with van der Waals surface area (Å²) >= 11 is 0. The Morgan fingerprint density at radius 1 is 1.10 bits per heavy atom. The summed E-state index contributed by atoms with van der Waals surface area (Å²) in [4.78, 5) is 16.8. The van der Waals surface area contributed by atoms with Crippen LogP contribution >= 0.6 is 0 Å². The van der Waals surface area contributed by atoms with Crippen LogP contribution < -0.4 is 25.4 Å². The predicted octanol–water partition coefficient (Wildman–Crippen LogP) is 2.99. The van der Waals surface area contributed by atoms with Crippen LogP contribution in [0.4, 0.5) is 5.69 Å². The molecule has 0 bridgehead atoms. The number of rotatable bonds is 6. The fourth-order valence-electron chi connectivity index (χ4n) is 3.14. The average Bonchev–Trinajstić information content (AvgIpc) is 3.57. The zero-order valence-corrected chi connectivity index (χ0v) is 17.2. The Morgan fingerprint density at radius 2 is 1.90 bits per heavy atom. The maximum Gasteiger partial charge on any atom is 0.239 e. The third-order valence-electron chi connectivity index (χ3n) is 5.04. The van der Waals surface area contributed by atoms with Gasteiger partial charge in [0.25, 0.3) is 0 Å². The number of aryl methyl sites for hydroxylation is 1. The monoisotopic (exact) mass is 408 g/mol. The first-order valence-corrected chi connectivity index (χ1v) is 10.5. The summed E-state index contributed by atoms with van der Waals surface area (Å²) in [6.07, 6.45) is 2.99. The van der Waals surface area contributed by atoms with Crippen molar-refractivity contribution in [1.82, 2.24) is 10.6 Å². The van der Waals surface area contributed by atoms with E-state index < -0.39 is 0 Å². The van der Waals surface area contributed by atoms with Gasteiger partial charge in [0.05, 0.1) is 26.3 Å². The molecule has 2 aromatic carbocycles. The molecular formula is C23H28N4O3. The Labute approximate surface area is 176 Å². The van der Waals surface area contributed by atoms with E-state index in [1.165, 1.54) is 5.56 Å². The molecule has 158 valence electrons. The third-order valence-corrected chi connectivity index (χ3v) is 5.04. The molecule has 0 aromatic heterocycles. The van der Waals surface area contributed by atoms with E-state index in [2.05, 4.69) is 40.0 Å². The minimum atomic E-state index is -0.0263. The van der Waals surface area contributed by atoms with Gasteiger partial charge in [-0.2, -0.15) is 0 Å². The molecule has 0 radical (unpaired) electrons. The highest BCUT2D eigenvalue weighted by Crippen LogP contribution is 2.32. The zero-order valence-electron chi connectivity index (χ0n) is 17.2. The van der Waals surface area contributed by atoms with Gasteiger partial charge in [-0.3, -0.25) is 4.79 Å². The van der Waals surface area contributed by atoms with Crippen LogP contribution in [0, 0.1) is 6.92 Å². The molecule has 0 atom stereocenters. The highest BCUT2D eigenvalue weighted by atomic mass is 16.5. The van der Waals surface area contributed by atoms with Gasteiger partial charge in [0.15, 0.2) is 17.5 Å². The number of ether oxygens (including phenoxy) is 2. The van der Waals surface area contributed by atoms with Crippen LogP contribution in [0.15, 0.2) is 47.5 Å². The van der Waals surface area contributed by atoms with Crippen LogP contribution in [-0.2, 0) is 11.3 Å². The maximum atomic E-state index is 12.1. The molecule has 1 fully saturated rings. The fourth-order valence-corrected chi connectivity index (χ4v) is 3.14. The molecule has 3 N–H and O–H groups in total. The Morgan fingerprint density at radius 3 is 2.70 bits per heavy atom. The van der Waals surface area contributed by atoms with Crippen molar-refractivity contribution in [1.29, 1.82) is 0 Å². The largest absolute Gasteiger partial charge is 0.490 e. The van der Waals surface area contributed by atoms with Crippen molar-refractivity contribution in [3.05, 3.63) is 53.6 Å². The number of nitrogens with one attached hydrogen (secondary N) is 3. The molecule has 4 rings (SSSR count). The molecule has 7 heteroatoms. The normalized spacial score (nSPS) is 15.8. The van der Waals surface area contributed by atoms with E-state index >= 15 is 0 Å². The molecule has 1 aliphatic heterocycles. The molecule has 0 unspecified atom stereocenters. The Kier molecular flexibility index (Phi) is 6.37. The molecule has 1 saturated carbocycles. The number of nitrogens with zero attached hydrogens (tertiary/aromatic N) is 1. The van der Waals surface area contributed by atoms with Crippen LogP contribution in [-0.4, -0.2) is 37.7 Å². The molecular weight excluding hydrogens is 380 g/mol. The van der Waals surface area contributed by atoms with Crippen molar-refractivity contribution in [2.24, 2.45) is 4.99 Å². The zero-order chi connectivity index (χ0) is 20.8. The van der Waals surface area contributed by atoms with Gasteiger partial charge >= 0.3 is 0 Å². The minimum Gasteiger partial charge on any atom is -0.490 e. The first-order valence-electron chi connectivity index (χ1n) is 10.5. The lowest BCUT2D eigenvalue weighted by Crippen LogP contribution is -2.40. The van der Waals surface area contributed by atoms with Crippen molar-refractivity contribution in [2.75, 3.05) is 25.1 Å². The quantitative estimate of drug-likeness (QED) is 0.506. The standard InChI is InChI=1S/C23H28N4O3/c1-16-5-2-3-6-17(16)14-24-23(25-15-22(28)26-18-7-8-18)27-19-9-10-20-21(13-19)30-12-4-11-29-20/h2-3,5-6,9-10,13,18H,4,7-8,11-12,14-15H2,1H3,(H,26,28)(H2,24,25,27). The fraction of sp³-hybridized carbons (Fsp3) is 0.391. The molecule has 1 amide bonds. The van der Waals surface area contributed by atoms with Gasteiger partial charge in [0, 0.05) is 24.2 Å². The van der Waals surface area contributed by atoms with E-state index in [4.69, 9.17) is 9.47 Å². The summed E-state index contributed by atoms with van der Waals surface area (Å²) < 4.78 is 11.5. The number of hydrogen-bond donors (Lipinski definition) is 3. The number of guanidine groups is 1. The van der Waals surface area contributed by atoms with Gasteiger partial charge in [-0.25, -0.2) is 4.99 Å². The van der Waals surface area contributed by atoms with Gasteiger partial charge in [-0.1, -0.05) is 24.3 Å². The van der Waals surface area contributed by atoms with Gasteiger partial charge in [0.2, 0.25) is 5.91 Å². The van der Waals surface area contributed by atoms with Gasteiger partial charge < -0.3 is 25.4 Å². The van der Waals surface area contributed by atoms with E-state index in [9.17, 15) is 4.79 Å². The number of anilines is 1. The van der Waals surface area contributed by atoms with Crippen LogP contribution in [0.25, 0.3) is 0 Å². The Balaban J connectivity index is 1.47. The second-order valence-electron chi connectivity index (χ2n) is 7.62. The van der Waals surface area contributed by atoms with Crippen LogP contribution in [0.3, 0.4) is 0 Å². The first-order chi connectivity index (χ1) is 14.7. The number of aliphatic imine (C=N–C) groups is 1. The topological polar surface area (TPSA) is 84.0 Å². The second-order valence-corrected chi connectivity index (χ2v) is 7.62. The highest BCUT2D eigenvalue weighted by molar-refractivity contribution is 5.96. The molecule has 0 spiro atoms. The van der Waals surface area contributed by atoms with E-state index in [0.717, 1.165) is 36.3 Å². The highest BCUT2D eigenvalue weighted by Gasteiger charge is 2.23. The van der Waals surface area contributed by atoms with Gasteiger partial charge in [0.1, 0.15) is 0 Å². The Hall–Kier alpha value is -3.22. The van der Waals surface area contributed by atoms with Crippen molar-refractivity contribution >= 4 is 17.6 Å².